The van der Waals surface area contributed by atoms with Crippen LogP contribution in [0.25, 0.3) is 0 Å². The Hall–Kier alpha value is -1.62. The van der Waals surface area contributed by atoms with E-state index in [4.69, 9.17) is 15.6 Å². The van der Waals surface area contributed by atoms with Crippen molar-refractivity contribution in [1.82, 2.24) is 0 Å². The highest BCUT2D eigenvalue weighted by atomic mass is 19.1. The molecule has 0 amide bonds. The molecule has 1 atom stereocenters. The van der Waals surface area contributed by atoms with Gasteiger partial charge in [0.2, 0.25) is 0 Å². The number of benzene rings is 1. The second kappa shape index (κ2) is 5.31. The molecule has 0 aromatic heterocycles. The van der Waals surface area contributed by atoms with E-state index in [-0.39, 0.29) is 18.7 Å². The highest BCUT2D eigenvalue weighted by Crippen LogP contribution is 2.14. The van der Waals surface area contributed by atoms with E-state index in [1.807, 2.05) is 0 Å². The van der Waals surface area contributed by atoms with Crippen molar-refractivity contribution in [1.29, 1.82) is 0 Å². The third-order valence-electron chi connectivity index (χ3n) is 1.78. The van der Waals surface area contributed by atoms with Gasteiger partial charge in [-0.05, 0) is 18.7 Å². The Kier molecular flexibility index (Phi) is 4.05. The van der Waals surface area contributed by atoms with E-state index in [2.05, 4.69) is 0 Å². The van der Waals surface area contributed by atoms with Gasteiger partial charge in [-0.2, -0.15) is 0 Å². The molecule has 0 radical (unpaired) electrons. The van der Waals surface area contributed by atoms with Crippen LogP contribution < -0.4 is 10.5 Å². The lowest BCUT2D eigenvalue weighted by Crippen LogP contribution is -2.29. The zero-order valence-corrected chi connectivity index (χ0v) is 8.02. The van der Waals surface area contributed by atoms with Crippen LogP contribution in [-0.2, 0) is 4.79 Å². The van der Waals surface area contributed by atoms with E-state index in [0.29, 0.717) is 0 Å². The van der Waals surface area contributed by atoms with Crippen LogP contribution in [0.15, 0.2) is 24.3 Å². The summed E-state index contributed by atoms with van der Waals surface area (Å²) in [5.41, 5.74) is 5.23. The van der Waals surface area contributed by atoms with Crippen LogP contribution in [-0.4, -0.2) is 23.7 Å². The Bertz CT molecular complexity index is 343. The summed E-state index contributed by atoms with van der Waals surface area (Å²) in [5.74, 6) is -1.38. The zero-order chi connectivity index (χ0) is 11.3. The minimum Gasteiger partial charge on any atom is -0.479 e. The summed E-state index contributed by atoms with van der Waals surface area (Å²) in [6, 6.07) is 5.33. The molecule has 82 valence electrons. The van der Waals surface area contributed by atoms with Gasteiger partial charge in [0.25, 0.3) is 0 Å². The van der Waals surface area contributed by atoms with Crippen molar-refractivity contribution >= 4 is 5.97 Å². The van der Waals surface area contributed by atoms with Gasteiger partial charge >= 0.3 is 5.97 Å². The molecule has 5 heteroatoms. The third kappa shape index (κ3) is 3.55. The van der Waals surface area contributed by atoms with E-state index in [1.54, 1.807) is 0 Å². The number of rotatable bonds is 5. The van der Waals surface area contributed by atoms with Crippen LogP contribution >= 0.6 is 0 Å². The fourth-order valence-electron chi connectivity index (χ4n) is 1.09. The molecule has 1 rings (SSSR count). The summed E-state index contributed by atoms with van der Waals surface area (Å²) in [6.07, 6.45) is -0.844. The van der Waals surface area contributed by atoms with Gasteiger partial charge < -0.3 is 15.6 Å². The van der Waals surface area contributed by atoms with Crippen LogP contribution in [0, 0.1) is 5.82 Å². The minimum absolute atomic E-state index is 0.186. The number of carbonyl (C=O) groups is 1. The van der Waals surface area contributed by atoms with Crippen LogP contribution in [0.5, 0.6) is 5.75 Å². The van der Waals surface area contributed by atoms with Crippen molar-refractivity contribution in [2.24, 2.45) is 5.73 Å². The number of carboxylic acids is 1. The second-order valence-electron chi connectivity index (χ2n) is 2.98. The minimum atomic E-state index is -1.11. The highest BCUT2D eigenvalue weighted by Gasteiger charge is 2.18. The number of aliphatic carboxylic acids is 1. The first-order valence-electron chi connectivity index (χ1n) is 4.48. The van der Waals surface area contributed by atoms with Gasteiger partial charge in [0.1, 0.15) is 11.6 Å². The molecule has 1 aromatic rings. The molecule has 0 fully saturated rings. The van der Waals surface area contributed by atoms with Gasteiger partial charge in [-0.1, -0.05) is 6.07 Å². The van der Waals surface area contributed by atoms with Gasteiger partial charge in [0, 0.05) is 12.5 Å². The summed E-state index contributed by atoms with van der Waals surface area (Å²) < 4.78 is 17.8. The molecule has 3 N–H and O–H groups in total. The maximum Gasteiger partial charge on any atom is 0.344 e. The maximum atomic E-state index is 12.8. The molecule has 1 aromatic carbocycles. The van der Waals surface area contributed by atoms with Gasteiger partial charge in [0.15, 0.2) is 6.10 Å². The van der Waals surface area contributed by atoms with Crippen molar-refractivity contribution in [3.05, 3.63) is 30.1 Å². The summed E-state index contributed by atoms with van der Waals surface area (Å²) in [7, 11) is 0. The molecule has 0 aliphatic heterocycles. The Morgan fingerprint density at radius 2 is 2.33 bits per heavy atom. The van der Waals surface area contributed by atoms with Crippen LogP contribution in [0.4, 0.5) is 4.39 Å². The first kappa shape index (κ1) is 11.5. The summed E-state index contributed by atoms with van der Waals surface area (Å²) in [5, 5.41) is 8.76. The maximum absolute atomic E-state index is 12.8. The number of halogens is 1. The van der Waals surface area contributed by atoms with Gasteiger partial charge in [-0.15, -0.1) is 0 Å². The monoisotopic (exact) mass is 213 g/mol. The predicted molar refractivity (Wildman–Crippen MR) is 52.1 cm³/mol. The fraction of sp³-hybridized carbons (Fsp3) is 0.300. The van der Waals surface area contributed by atoms with E-state index in [9.17, 15) is 9.18 Å². The molecule has 0 spiro atoms. The van der Waals surface area contributed by atoms with Crippen LogP contribution in [0.1, 0.15) is 6.42 Å². The number of hydrogen-bond donors (Lipinski definition) is 2. The lowest BCUT2D eigenvalue weighted by molar-refractivity contribution is -0.145. The summed E-state index contributed by atoms with van der Waals surface area (Å²) in [4.78, 5) is 10.7. The lowest BCUT2D eigenvalue weighted by Gasteiger charge is -2.13. The molecule has 15 heavy (non-hydrogen) atoms. The standard InChI is InChI=1S/C10H12FNO3/c11-7-2-1-3-8(6-7)15-9(4-5-12)10(13)14/h1-3,6,9H,4-5,12H2,(H,13,14). The van der Waals surface area contributed by atoms with Crippen LogP contribution in [0.2, 0.25) is 0 Å². The molecule has 0 saturated heterocycles. The van der Waals surface area contributed by atoms with Crippen LogP contribution in [0.3, 0.4) is 0 Å². The average molecular weight is 213 g/mol. The van der Waals surface area contributed by atoms with Crippen molar-refractivity contribution in [2.75, 3.05) is 6.54 Å². The van der Waals surface area contributed by atoms with E-state index >= 15 is 0 Å². The van der Waals surface area contributed by atoms with Gasteiger partial charge in [0.05, 0.1) is 0 Å². The van der Waals surface area contributed by atoms with E-state index < -0.39 is 17.9 Å². The molecule has 4 nitrogen and oxygen atoms in total. The van der Waals surface area contributed by atoms with Crippen molar-refractivity contribution in [3.63, 3.8) is 0 Å². The van der Waals surface area contributed by atoms with Crippen molar-refractivity contribution in [3.8, 4) is 5.75 Å². The normalized spacial score (nSPS) is 12.1. The number of nitrogens with two attached hydrogens (primary N) is 1. The topological polar surface area (TPSA) is 72.5 Å². The first-order chi connectivity index (χ1) is 7.13. The Labute approximate surface area is 86.5 Å². The van der Waals surface area contributed by atoms with Gasteiger partial charge in [-0.3, -0.25) is 0 Å². The molecular weight excluding hydrogens is 201 g/mol. The molecule has 0 aliphatic rings. The highest BCUT2D eigenvalue weighted by molar-refractivity contribution is 5.72. The summed E-state index contributed by atoms with van der Waals surface area (Å²) in [6.45, 7) is 0.201. The molecule has 0 heterocycles. The second-order valence-corrected chi connectivity index (χ2v) is 2.98. The fourth-order valence-corrected chi connectivity index (χ4v) is 1.09. The number of carboxylic acid groups (broad SMARTS) is 1. The number of hydrogen-bond acceptors (Lipinski definition) is 3. The average Bonchev–Trinajstić information content (AvgIpc) is 2.17. The van der Waals surface area contributed by atoms with E-state index in [1.165, 1.54) is 18.2 Å². The Balaban J connectivity index is 2.69. The first-order valence-corrected chi connectivity index (χ1v) is 4.48. The molecule has 1 unspecified atom stereocenters. The SMILES string of the molecule is NCCC(Oc1cccc(F)c1)C(=O)O. The Morgan fingerprint density at radius 1 is 1.60 bits per heavy atom. The molecule has 0 saturated carbocycles. The molecule has 0 bridgehead atoms. The molecule has 0 aliphatic carbocycles. The van der Waals surface area contributed by atoms with E-state index in [0.717, 1.165) is 6.07 Å². The summed E-state index contributed by atoms with van der Waals surface area (Å²) >= 11 is 0. The smallest absolute Gasteiger partial charge is 0.344 e. The lowest BCUT2D eigenvalue weighted by atomic mass is 10.2. The quantitative estimate of drug-likeness (QED) is 0.765. The molecular formula is C10H12FNO3. The zero-order valence-electron chi connectivity index (χ0n) is 8.02. The Morgan fingerprint density at radius 3 is 2.87 bits per heavy atom. The van der Waals surface area contributed by atoms with Crippen molar-refractivity contribution < 1.29 is 19.0 Å². The third-order valence-corrected chi connectivity index (χ3v) is 1.78. The largest absolute Gasteiger partial charge is 0.479 e. The van der Waals surface area contributed by atoms with Gasteiger partial charge in [-0.25, -0.2) is 9.18 Å². The number of ether oxygens (including phenoxy) is 1. The predicted octanol–water partition coefficient (Wildman–Crippen LogP) is 1.01. The van der Waals surface area contributed by atoms with Crippen molar-refractivity contribution in [2.45, 2.75) is 12.5 Å².